The van der Waals surface area contributed by atoms with Gasteiger partial charge < -0.3 is 14.8 Å². The van der Waals surface area contributed by atoms with Crippen molar-refractivity contribution in [2.24, 2.45) is 0 Å². The van der Waals surface area contributed by atoms with Gasteiger partial charge in [-0.2, -0.15) is 0 Å². The molecule has 0 saturated heterocycles. The molecule has 0 fully saturated rings. The number of ether oxygens (including phenoxy) is 2. The summed E-state index contributed by atoms with van der Waals surface area (Å²) in [6.45, 7) is 5.18. The summed E-state index contributed by atoms with van der Waals surface area (Å²) in [5, 5.41) is 2.92. The molecule has 0 heterocycles. The van der Waals surface area contributed by atoms with Crippen LogP contribution in [0.3, 0.4) is 0 Å². The van der Waals surface area contributed by atoms with Crippen LogP contribution in [-0.4, -0.2) is 29.8 Å². The normalized spacial score (nSPS) is 11.3. The van der Waals surface area contributed by atoms with Gasteiger partial charge >= 0.3 is 11.9 Å². The molecule has 200 valence electrons. The molecule has 0 amide bonds. The second kappa shape index (κ2) is 11.1. The van der Waals surface area contributed by atoms with Gasteiger partial charge in [-0.1, -0.05) is 0 Å². The molecule has 0 aliphatic heterocycles. The van der Waals surface area contributed by atoms with E-state index in [1.165, 1.54) is 0 Å². The number of rotatable bonds is 7. The first-order valence-electron chi connectivity index (χ1n) is 10.8. The van der Waals surface area contributed by atoms with Gasteiger partial charge in [-0.25, -0.2) is 35.9 Å². The Balaban J connectivity index is 2.00. The Hall–Kier alpha value is -4.19. The van der Waals surface area contributed by atoms with E-state index in [0.717, 1.165) is 18.2 Å². The van der Waals surface area contributed by atoms with Gasteiger partial charge in [0.15, 0.2) is 40.6 Å². The third kappa shape index (κ3) is 6.76. The minimum atomic E-state index is -1.74. The van der Waals surface area contributed by atoms with Crippen molar-refractivity contribution in [1.82, 2.24) is 5.32 Å². The number of carbonyl (C=O) groups excluding carboxylic acids is 3. The first-order valence-corrected chi connectivity index (χ1v) is 10.8. The maximum Gasteiger partial charge on any atom is 0.346 e. The molecule has 3 rings (SSSR count). The molecule has 0 atom stereocenters. The van der Waals surface area contributed by atoms with Crippen molar-refractivity contribution in [2.45, 2.75) is 26.3 Å². The number of ketones is 1. The van der Waals surface area contributed by atoms with Gasteiger partial charge in [-0.3, -0.25) is 4.79 Å². The van der Waals surface area contributed by atoms with Crippen LogP contribution >= 0.6 is 0 Å². The van der Waals surface area contributed by atoms with Gasteiger partial charge in [0.2, 0.25) is 0 Å². The minimum Gasteiger partial charge on any atom is -0.419 e. The molecule has 3 aromatic rings. The Bertz CT molecular complexity index is 1430. The minimum absolute atomic E-state index is 0.0989. The summed E-state index contributed by atoms with van der Waals surface area (Å²) in [6.07, 6.45) is 0. The van der Waals surface area contributed by atoms with Gasteiger partial charge in [0.1, 0.15) is 22.8 Å². The molecule has 0 saturated carbocycles. The van der Waals surface area contributed by atoms with Crippen molar-refractivity contribution in [2.75, 3.05) is 6.54 Å². The maximum absolute atomic E-state index is 14.1. The fourth-order valence-electron chi connectivity index (χ4n) is 3.01. The number of esters is 2. The van der Waals surface area contributed by atoms with E-state index in [-0.39, 0.29) is 24.2 Å². The number of nitrogens with one attached hydrogen (secondary N) is 1. The molecule has 0 aliphatic carbocycles. The third-order valence-corrected chi connectivity index (χ3v) is 4.88. The monoisotopic (exact) mass is 539 g/mol. The molecule has 0 unspecified atom stereocenters. The van der Waals surface area contributed by atoms with Crippen LogP contribution in [0.4, 0.5) is 26.3 Å². The highest BCUT2D eigenvalue weighted by molar-refractivity contribution is 5.99. The second-order valence-corrected chi connectivity index (χ2v) is 8.97. The molecule has 1 N–H and O–H groups in total. The molecular formula is C26H19F6NO5. The Morgan fingerprint density at radius 1 is 0.711 bits per heavy atom. The average molecular weight is 539 g/mol. The van der Waals surface area contributed by atoms with Crippen LogP contribution in [0.1, 0.15) is 51.8 Å². The van der Waals surface area contributed by atoms with Gasteiger partial charge in [0, 0.05) is 23.2 Å². The molecule has 0 bridgehead atoms. The standard InChI is InChI=1S/C26H19F6NO5/c1-26(2,3)33-11-19(34)12-4-5-20(37-24(35)15-7-13(27)9-17(29)22(15)31)21(6-12)38-25(36)16-8-14(28)10-18(30)23(16)32/h4-10,33H,11H2,1-3H3. The van der Waals surface area contributed by atoms with E-state index in [2.05, 4.69) is 5.32 Å². The highest BCUT2D eigenvalue weighted by Crippen LogP contribution is 2.31. The second-order valence-electron chi connectivity index (χ2n) is 8.97. The molecule has 0 aliphatic rings. The number of hydrogen-bond acceptors (Lipinski definition) is 6. The summed E-state index contributed by atoms with van der Waals surface area (Å²) < 4.78 is 92.3. The van der Waals surface area contributed by atoms with E-state index < -0.39 is 80.8 Å². The summed E-state index contributed by atoms with van der Waals surface area (Å²) >= 11 is 0. The molecule has 12 heteroatoms. The van der Waals surface area contributed by atoms with Crippen LogP contribution in [0, 0.1) is 34.9 Å². The van der Waals surface area contributed by atoms with Crippen molar-refractivity contribution < 1.29 is 50.2 Å². The zero-order valence-corrected chi connectivity index (χ0v) is 20.1. The largest absolute Gasteiger partial charge is 0.419 e. The van der Waals surface area contributed by atoms with Crippen LogP contribution in [0.5, 0.6) is 11.5 Å². The molecule has 6 nitrogen and oxygen atoms in total. The molecule has 0 radical (unpaired) electrons. The molecule has 3 aromatic carbocycles. The summed E-state index contributed by atoms with van der Waals surface area (Å²) in [4.78, 5) is 37.6. The summed E-state index contributed by atoms with van der Waals surface area (Å²) in [6, 6.07) is 4.07. The lowest BCUT2D eigenvalue weighted by atomic mass is 10.1. The van der Waals surface area contributed by atoms with Crippen molar-refractivity contribution in [3.05, 3.63) is 94.1 Å². The lowest BCUT2D eigenvalue weighted by molar-refractivity contribution is 0.0675. The Morgan fingerprint density at radius 2 is 1.18 bits per heavy atom. The SMILES string of the molecule is CC(C)(C)NCC(=O)c1ccc(OC(=O)c2cc(F)cc(F)c2F)c(OC(=O)c2cc(F)cc(F)c2F)c1. The number of benzene rings is 3. The quantitative estimate of drug-likeness (QED) is 0.140. The Morgan fingerprint density at radius 3 is 1.66 bits per heavy atom. The smallest absolute Gasteiger partial charge is 0.346 e. The van der Waals surface area contributed by atoms with Crippen molar-refractivity contribution in [3.63, 3.8) is 0 Å². The van der Waals surface area contributed by atoms with E-state index in [0.29, 0.717) is 12.1 Å². The molecule has 0 spiro atoms. The van der Waals surface area contributed by atoms with Crippen molar-refractivity contribution >= 4 is 17.7 Å². The van der Waals surface area contributed by atoms with Crippen molar-refractivity contribution in [3.8, 4) is 11.5 Å². The Labute approximate surface area is 212 Å². The van der Waals surface area contributed by atoms with Crippen LogP contribution in [0.2, 0.25) is 0 Å². The Kier molecular flexibility index (Phi) is 8.25. The van der Waals surface area contributed by atoms with Crippen LogP contribution in [0.15, 0.2) is 42.5 Å². The van der Waals surface area contributed by atoms with Crippen LogP contribution in [-0.2, 0) is 0 Å². The van der Waals surface area contributed by atoms with Crippen LogP contribution in [0.25, 0.3) is 0 Å². The van der Waals surface area contributed by atoms with Gasteiger partial charge in [0.05, 0.1) is 6.54 Å². The zero-order chi connectivity index (χ0) is 28.4. The molecular weight excluding hydrogens is 520 g/mol. The van der Waals surface area contributed by atoms with E-state index in [1.54, 1.807) is 20.8 Å². The average Bonchev–Trinajstić information content (AvgIpc) is 2.82. The predicted molar refractivity (Wildman–Crippen MR) is 121 cm³/mol. The summed E-state index contributed by atoms with van der Waals surface area (Å²) in [5.41, 5.74) is -2.86. The maximum atomic E-state index is 14.1. The molecule has 38 heavy (non-hydrogen) atoms. The zero-order valence-electron chi connectivity index (χ0n) is 20.1. The lowest BCUT2D eigenvalue weighted by Crippen LogP contribution is -2.39. The van der Waals surface area contributed by atoms with Crippen LogP contribution < -0.4 is 14.8 Å². The number of carbonyl (C=O) groups is 3. The highest BCUT2D eigenvalue weighted by atomic mass is 19.2. The highest BCUT2D eigenvalue weighted by Gasteiger charge is 2.25. The summed E-state index contributed by atoms with van der Waals surface area (Å²) in [5.74, 6) is -14.6. The lowest BCUT2D eigenvalue weighted by Gasteiger charge is -2.20. The molecule has 0 aromatic heterocycles. The van der Waals surface area contributed by atoms with E-state index in [1.807, 2.05) is 0 Å². The van der Waals surface area contributed by atoms with Gasteiger partial charge in [-0.05, 0) is 51.1 Å². The first kappa shape index (κ1) is 28.4. The summed E-state index contributed by atoms with van der Waals surface area (Å²) in [7, 11) is 0. The van der Waals surface area contributed by atoms with Crippen molar-refractivity contribution in [1.29, 1.82) is 0 Å². The van der Waals surface area contributed by atoms with E-state index >= 15 is 0 Å². The fraction of sp³-hybridized carbons (Fsp3) is 0.192. The first-order chi connectivity index (χ1) is 17.7. The number of hydrogen-bond donors (Lipinski definition) is 1. The predicted octanol–water partition coefficient (Wildman–Crippen LogP) is 5.53. The van der Waals surface area contributed by atoms with Gasteiger partial charge in [-0.15, -0.1) is 0 Å². The number of halogens is 6. The van der Waals surface area contributed by atoms with E-state index in [9.17, 15) is 40.7 Å². The topological polar surface area (TPSA) is 81.7 Å². The van der Waals surface area contributed by atoms with Gasteiger partial charge in [0.25, 0.3) is 0 Å². The third-order valence-electron chi connectivity index (χ3n) is 4.88. The number of Topliss-reactive ketones (excluding diaryl/α,β-unsaturated/α-hetero) is 1. The van der Waals surface area contributed by atoms with E-state index in [4.69, 9.17) is 9.47 Å². The fourth-order valence-corrected chi connectivity index (χ4v) is 3.01.